The highest BCUT2D eigenvalue weighted by atomic mass is 35.5. The minimum absolute atomic E-state index is 0.215. The van der Waals surface area contributed by atoms with Gasteiger partial charge < -0.3 is 19.1 Å². The van der Waals surface area contributed by atoms with Gasteiger partial charge in [-0.3, -0.25) is 4.79 Å². The maximum atomic E-state index is 13.4. The van der Waals surface area contributed by atoms with Crippen molar-refractivity contribution in [3.05, 3.63) is 58.6 Å². The van der Waals surface area contributed by atoms with Crippen LogP contribution in [0.15, 0.2) is 42.5 Å². The van der Waals surface area contributed by atoms with Gasteiger partial charge in [0.25, 0.3) is 11.7 Å². The zero-order valence-corrected chi connectivity index (χ0v) is 16.7. The number of hydrogen-bond acceptors (Lipinski definition) is 4. The molecule has 0 N–H and O–H groups in total. The van der Waals surface area contributed by atoms with Gasteiger partial charge in [0.2, 0.25) is 0 Å². The van der Waals surface area contributed by atoms with Crippen LogP contribution in [0.5, 0.6) is 5.75 Å². The zero-order chi connectivity index (χ0) is 19.6. The number of halogens is 1. The molecule has 0 unspecified atom stereocenters. The van der Waals surface area contributed by atoms with E-state index in [0.717, 1.165) is 36.3 Å². The van der Waals surface area contributed by atoms with Crippen LogP contribution in [-0.2, 0) is 26.6 Å². The van der Waals surface area contributed by atoms with Crippen LogP contribution < -0.4 is 9.64 Å². The van der Waals surface area contributed by atoms with Crippen molar-refractivity contribution in [3.8, 4) is 5.75 Å². The van der Waals surface area contributed by atoms with Crippen LogP contribution in [0, 0.1) is 0 Å². The molecule has 4 rings (SSSR count). The second-order valence-electron chi connectivity index (χ2n) is 7.03. The van der Waals surface area contributed by atoms with Crippen LogP contribution in [-0.4, -0.2) is 25.7 Å². The standard InChI is InChI=1S/C22H24ClNO4/c1-2-3-11-26-20-8-5-4-7-16(20)15-24-19-10-9-17(23)14-18(19)22(21(24)25)27-12-6-13-28-22/h4-5,7-10,14H,2-3,6,11-13,15H2,1H3. The van der Waals surface area contributed by atoms with Crippen LogP contribution >= 0.6 is 11.6 Å². The quantitative estimate of drug-likeness (QED) is 0.661. The molecule has 0 radical (unpaired) electrons. The largest absolute Gasteiger partial charge is 0.493 e. The molecule has 1 fully saturated rings. The molecular weight excluding hydrogens is 378 g/mol. The van der Waals surface area contributed by atoms with Gasteiger partial charge in [-0.15, -0.1) is 0 Å². The molecule has 2 heterocycles. The van der Waals surface area contributed by atoms with Crippen molar-refractivity contribution >= 4 is 23.2 Å². The van der Waals surface area contributed by atoms with Gasteiger partial charge in [0.15, 0.2) is 0 Å². The fraction of sp³-hybridized carbons (Fsp3) is 0.409. The van der Waals surface area contributed by atoms with Gasteiger partial charge in [0.05, 0.1) is 32.1 Å². The van der Waals surface area contributed by atoms with Crippen LogP contribution in [0.4, 0.5) is 5.69 Å². The summed E-state index contributed by atoms with van der Waals surface area (Å²) in [6.07, 6.45) is 2.82. The maximum Gasteiger partial charge on any atom is 0.292 e. The van der Waals surface area contributed by atoms with E-state index in [-0.39, 0.29) is 5.91 Å². The Bertz CT molecular complexity index is 863. The highest BCUT2D eigenvalue weighted by Crippen LogP contribution is 2.47. The summed E-state index contributed by atoms with van der Waals surface area (Å²) in [6, 6.07) is 13.2. The van der Waals surface area contributed by atoms with E-state index in [1.54, 1.807) is 17.0 Å². The summed E-state index contributed by atoms with van der Waals surface area (Å²) in [5, 5.41) is 0.550. The molecule has 28 heavy (non-hydrogen) atoms. The fourth-order valence-corrected chi connectivity index (χ4v) is 3.82. The molecule has 0 bridgehead atoms. The van der Waals surface area contributed by atoms with Crippen molar-refractivity contribution < 1.29 is 19.0 Å². The van der Waals surface area contributed by atoms with Crippen LogP contribution in [0.2, 0.25) is 5.02 Å². The molecule has 148 valence electrons. The second kappa shape index (κ2) is 8.11. The van der Waals surface area contributed by atoms with E-state index < -0.39 is 5.79 Å². The van der Waals surface area contributed by atoms with Gasteiger partial charge in [-0.05, 0) is 37.1 Å². The topological polar surface area (TPSA) is 48.0 Å². The van der Waals surface area contributed by atoms with E-state index in [1.807, 2.05) is 30.3 Å². The van der Waals surface area contributed by atoms with E-state index in [4.69, 9.17) is 25.8 Å². The molecule has 6 heteroatoms. The smallest absolute Gasteiger partial charge is 0.292 e. The first kappa shape index (κ1) is 19.2. The lowest BCUT2D eigenvalue weighted by molar-refractivity contribution is -0.256. The first-order valence-electron chi connectivity index (χ1n) is 9.76. The van der Waals surface area contributed by atoms with Crippen LogP contribution in [0.1, 0.15) is 37.3 Å². The summed E-state index contributed by atoms with van der Waals surface area (Å²) < 4.78 is 17.7. The lowest BCUT2D eigenvalue weighted by atomic mass is 10.1. The van der Waals surface area contributed by atoms with Gasteiger partial charge >= 0.3 is 0 Å². The van der Waals surface area contributed by atoms with Gasteiger partial charge in [0, 0.05) is 16.1 Å². The average Bonchev–Trinajstić information content (AvgIpc) is 2.92. The number of unbranched alkanes of at least 4 members (excludes halogenated alkanes) is 1. The van der Waals surface area contributed by atoms with Crippen molar-refractivity contribution in [2.75, 3.05) is 24.7 Å². The fourth-order valence-electron chi connectivity index (χ4n) is 3.65. The van der Waals surface area contributed by atoms with Gasteiger partial charge in [-0.25, -0.2) is 0 Å². The molecule has 0 aliphatic carbocycles. The third-order valence-corrected chi connectivity index (χ3v) is 5.32. The summed E-state index contributed by atoms with van der Waals surface area (Å²) in [7, 11) is 0. The minimum atomic E-state index is -1.39. The molecule has 2 aliphatic rings. The third-order valence-electron chi connectivity index (χ3n) is 5.09. The maximum absolute atomic E-state index is 13.4. The SMILES string of the molecule is CCCCOc1ccccc1CN1C(=O)C2(OCCCO2)c2cc(Cl)ccc21. The molecule has 0 aromatic heterocycles. The predicted octanol–water partition coefficient (Wildman–Crippen LogP) is 4.66. The third kappa shape index (κ3) is 3.39. The number of ether oxygens (including phenoxy) is 3. The zero-order valence-electron chi connectivity index (χ0n) is 15.9. The molecular formula is C22H24ClNO4. The first-order valence-corrected chi connectivity index (χ1v) is 10.1. The van der Waals surface area contributed by atoms with Gasteiger partial charge in [-0.2, -0.15) is 0 Å². The van der Waals surface area contributed by atoms with Gasteiger partial charge in [0.1, 0.15) is 5.75 Å². The summed E-state index contributed by atoms with van der Waals surface area (Å²) >= 11 is 6.22. The Balaban J connectivity index is 1.67. The number of carbonyl (C=O) groups is 1. The first-order chi connectivity index (χ1) is 13.7. The molecule has 1 saturated heterocycles. The Morgan fingerprint density at radius 1 is 1.18 bits per heavy atom. The Hall–Kier alpha value is -2.08. The molecule has 1 amide bonds. The lowest BCUT2D eigenvalue weighted by Crippen LogP contribution is -2.47. The molecule has 2 aliphatic heterocycles. The highest BCUT2D eigenvalue weighted by molar-refractivity contribution is 6.31. The molecule has 5 nitrogen and oxygen atoms in total. The number of anilines is 1. The van der Waals surface area contributed by atoms with Gasteiger partial charge in [-0.1, -0.05) is 43.1 Å². The van der Waals surface area contributed by atoms with E-state index in [0.29, 0.717) is 37.0 Å². The number of rotatable bonds is 6. The number of para-hydroxylation sites is 1. The monoisotopic (exact) mass is 401 g/mol. The van der Waals surface area contributed by atoms with E-state index in [1.165, 1.54) is 0 Å². The van der Waals surface area contributed by atoms with Crippen molar-refractivity contribution in [1.29, 1.82) is 0 Å². The summed E-state index contributed by atoms with van der Waals surface area (Å²) in [6.45, 7) is 4.11. The van der Waals surface area contributed by atoms with Crippen LogP contribution in [0.3, 0.4) is 0 Å². The molecule has 2 aromatic carbocycles. The van der Waals surface area contributed by atoms with Crippen molar-refractivity contribution in [2.24, 2.45) is 0 Å². The van der Waals surface area contributed by atoms with E-state index in [9.17, 15) is 4.79 Å². The number of benzene rings is 2. The Morgan fingerprint density at radius 2 is 1.96 bits per heavy atom. The molecule has 1 spiro atoms. The number of nitrogens with zero attached hydrogens (tertiary/aromatic N) is 1. The summed E-state index contributed by atoms with van der Waals surface area (Å²) in [5.41, 5.74) is 2.38. The summed E-state index contributed by atoms with van der Waals surface area (Å²) in [4.78, 5) is 15.1. The normalized spacial score (nSPS) is 17.8. The average molecular weight is 402 g/mol. The number of amides is 1. The van der Waals surface area contributed by atoms with E-state index in [2.05, 4.69) is 6.92 Å². The minimum Gasteiger partial charge on any atom is -0.493 e. The van der Waals surface area contributed by atoms with Crippen molar-refractivity contribution in [2.45, 2.75) is 38.5 Å². The Labute approximate surface area is 170 Å². The Kier molecular flexibility index (Phi) is 5.58. The highest BCUT2D eigenvalue weighted by Gasteiger charge is 2.55. The second-order valence-corrected chi connectivity index (χ2v) is 7.47. The lowest BCUT2D eigenvalue weighted by Gasteiger charge is -2.32. The molecule has 0 atom stereocenters. The van der Waals surface area contributed by atoms with E-state index >= 15 is 0 Å². The Morgan fingerprint density at radius 3 is 2.75 bits per heavy atom. The summed E-state index contributed by atoms with van der Waals surface area (Å²) in [5.74, 6) is -0.810. The van der Waals surface area contributed by atoms with Crippen molar-refractivity contribution in [3.63, 3.8) is 0 Å². The van der Waals surface area contributed by atoms with Crippen molar-refractivity contribution in [1.82, 2.24) is 0 Å². The predicted molar refractivity (Wildman–Crippen MR) is 108 cm³/mol. The number of hydrogen-bond donors (Lipinski definition) is 0. The molecule has 2 aromatic rings. The molecule has 0 saturated carbocycles. The van der Waals surface area contributed by atoms with Crippen LogP contribution in [0.25, 0.3) is 0 Å². The number of carbonyl (C=O) groups excluding carboxylic acids is 1. The number of fused-ring (bicyclic) bond motifs is 2.